The third-order valence-electron chi connectivity index (χ3n) is 29.5. The van der Waals surface area contributed by atoms with Crippen LogP contribution >= 0.6 is 0 Å². The van der Waals surface area contributed by atoms with E-state index in [0.717, 1.165) is 169 Å². The molecule has 21 aromatic carbocycles. The Bertz CT molecular complexity index is 9350. The van der Waals surface area contributed by atoms with Gasteiger partial charge < -0.3 is 23.7 Å². The summed E-state index contributed by atoms with van der Waals surface area (Å²) >= 11 is 0. The van der Waals surface area contributed by atoms with Crippen LogP contribution in [0.2, 0.25) is 0 Å². The third kappa shape index (κ3) is 13.3. The zero-order chi connectivity index (χ0) is 93.8. The number of imidazole rings is 3. The lowest BCUT2D eigenvalue weighted by atomic mass is 9.34. The second-order valence-electron chi connectivity index (χ2n) is 37.6. The fraction of sp³-hybridized carbons (Fsp3) is 0. The lowest BCUT2D eigenvalue weighted by molar-refractivity contribution is 0.487. The second-order valence-corrected chi connectivity index (χ2v) is 37.6. The largest absolute Gasteiger partial charge is 0.458 e. The molecule has 0 aliphatic carbocycles. The molecule has 6 aliphatic rings. The van der Waals surface area contributed by atoms with Crippen molar-refractivity contribution in [2.75, 3.05) is 4.90 Å². The SMILES string of the molecule is c1ccc(-c2ccc3c(c2)Oc2cc(-n4c5ccccc5c5ccccc54)cc4c2B3c2cc(-c3ccccc3)cc3ncn-4c23)cc1.c1ccc(-c2ccc3c(c2)Oc2cc(N(c4ccccc4)c4ccccc4)cc4c2B3c2cc(-c3ccccc3)cc3nc(-c5ccccc5)n-4c23)cc1.c1ccc(-c2ccc3c(c2)Oc2cccc4c2B3c2cc(-c3ccccc3)cc3nc(-c5ccccc5)n-4c23)cc1. The third-order valence-corrected chi connectivity index (χ3v) is 29.5. The zero-order valence-corrected chi connectivity index (χ0v) is 77.3. The summed E-state index contributed by atoms with van der Waals surface area (Å²) in [6, 6.07) is 172. The highest BCUT2D eigenvalue weighted by molar-refractivity contribution is 7.01. The van der Waals surface area contributed by atoms with Gasteiger partial charge in [0.2, 0.25) is 0 Å². The summed E-state index contributed by atoms with van der Waals surface area (Å²) in [7, 11) is 0. The molecule has 6 aliphatic heterocycles. The van der Waals surface area contributed by atoms with E-state index in [1.165, 1.54) is 99.0 Å². The minimum atomic E-state index is -0.0708. The molecule has 4 aromatic heterocycles. The highest BCUT2D eigenvalue weighted by Crippen LogP contribution is 2.48. The first-order chi connectivity index (χ1) is 70.9. The van der Waals surface area contributed by atoms with Gasteiger partial charge in [-0.15, -0.1) is 0 Å². The number of benzene rings is 21. The van der Waals surface area contributed by atoms with E-state index in [1.807, 2.05) is 6.33 Å². The van der Waals surface area contributed by atoms with Gasteiger partial charge in [0.1, 0.15) is 52.5 Å². The molecule has 0 spiro atoms. The molecule has 0 bridgehead atoms. The highest BCUT2D eigenvalue weighted by atomic mass is 16.5. The summed E-state index contributed by atoms with van der Waals surface area (Å²) in [6.07, 6.45) is 1.98. The van der Waals surface area contributed by atoms with Crippen molar-refractivity contribution in [1.82, 2.24) is 33.2 Å². The predicted molar refractivity (Wildman–Crippen MR) is 589 cm³/mol. The molecule has 664 valence electrons. The molecule has 143 heavy (non-hydrogen) atoms. The van der Waals surface area contributed by atoms with Crippen LogP contribution in [0.5, 0.6) is 34.5 Å². The molecule has 11 nitrogen and oxygen atoms in total. The van der Waals surface area contributed by atoms with Crippen LogP contribution in [-0.4, -0.2) is 53.4 Å². The van der Waals surface area contributed by atoms with Crippen molar-refractivity contribution in [3.05, 3.63) is 492 Å². The zero-order valence-electron chi connectivity index (χ0n) is 77.3. The van der Waals surface area contributed by atoms with Crippen molar-refractivity contribution in [3.63, 3.8) is 0 Å². The molecule has 0 fully saturated rings. The standard InChI is InChI=1S/C49H32BN3O.C43H26BN3O.C37H23BN2O/c1-6-16-33(17-7-1)36-26-27-41-45(30-36)54-46-32-40(52(38-22-12-4-13-23-38)39-24-14-5-15-25-39)31-44-47(46)50(41)42-28-37(34-18-8-2-9-19-34)29-43-48(42)53(44)49(51-43)35-20-10-3-11-21-35;1-3-11-27(12-4-1)29-19-20-34-40(23-29)48-41-25-31(47-37-17-9-7-15-32(37)33-16-8-10-18-38(33)47)24-39-42(41)44(34)35-21-30(28-13-5-2-6-14-28)22-36-43(35)46(39)26-45-36;1-4-11-24(12-5-1)27-19-20-29-34(23-27)41-33-18-10-17-32-35(33)38(29)30-21-28(25-13-6-2-7-14-25)22-31-36(30)40(32)37(39-31)26-15-8-3-9-16-26/h1-32H;1-26H;1-23H. The first-order valence-electron chi connectivity index (χ1n) is 48.8. The van der Waals surface area contributed by atoms with Crippen molar-refractivity contribution in [2.24, 2.45) is 0 Å². The van der Waals surface area contributed by atoms with Crippen LogP contribution < -0.4 is 68.3 Å². The minimum Gasteiger partial charge on any atom is -0.458 e. The quantitative estimate of drug-likeness (QED) is 0.113. The van der Waals surface area contributed by atoms with Crippen LogP contribution in [0.15, 0.2) is 492 Å². The number of rotatable bonds is 12. The molecule has 0 saturated carbocycles. The molecule has 0 unspecified atom stereocenters. The van der Waals surface area contributed by atoms with Gasteiger partial charge in [-0.3, -0.25) is 13.7 Å². The van der Waals surface area contributed by atoms with Crippen LogP contribution in [0, 0.1) is 0 Å². The van der Waals surface area contributed by atoms with E-state index in [-0.39, 0.29) is 20.1 Å². The van der Waals surface area contributed by atoms with Crippen molar-refractivity contribution < 1.29 is 14.2 Å². The first-order valence-corrected chi connectivity index (χ1v) is 48.8. The van der Waals surface area contributed by atoms with E-state index < -0.39 is 0 Å². The van der Waals surface area contributed by atoms with E-state index in [2.05, 4.69) is 508 Å². The van der Waals surface area contributed by atoms with Gasteiger partial charge in [-0.2, -0.15) is 0 Å². The van der Waals surface area contributed by atoms with E-state index >= 15 is 0 Å². The molecule has 0 N–H and O–H groups in total. The first kappa shape index (κ1) is 81.4. The van der Waals surface area contributed by atoms with Gasteiger partial charge in [0.25, 0.3) is 20.1 Å². The minimum absolute atomic E-state index is 0.00821. The normalized spacial score (nSPS) is 12.5. The van der Waals surface area contributed by atoms with Gasteiger partial charge in [0, 0.05) is 62.5 Å². The molecular weight excluding hydrogens is 1740 g/mol. The number of para-hydroxylation sites is 4. The monoisotopic (exact) mass is 1820 g/mol. The van der Waals surface area contributed by atoms with Gasteiger partial charge in [0.15, 0.2) is 0 Å². The Kier molecular flexibility index (Phi) is 18.8. The van der Waals surface area contributed by atoms with Crippen LogP contribution in [0.4, 0.5) is 17.1 Å². The molecule has 25 aromatic rings. The number of nitrogens with zero attached hydrogens (tertiary/aromatic N) is 8. The molecule has 0 atom stereocenters. The Morgan fingerprint density at radius 3 is 0.993 bits per heavy atom. The van der Waals surface area contributed by atoms with Crippen LogP contribution in [0.25, 0.3) is 167 Å². The Hall–Kier alpha value is -18.8. The average molecular weight is 1820 g/mol. The summed E-state index contributed by atoms with van der Waals surface area (Å²) < 4.78 is 30.2. The topological polar surface area (TPSA) is 89.3 Å². The smallest absolute Gasteiger partial charge is 0.256 e. The average Bonchev–Trinajstić information content (AvgIpc) is 1.62. The summed E-state index contributed by atoms with van der Waals surface area (Å²) in [5, 5.41) is 2.47. The molecule has 0 radical (unpaired) electrons. The van der Waals surface area contributed by atoms with Gasteiger partial charge in [0.05, 0.1) is 55.5 Å². The lowest BCUT2D eigenvalue weighted by Crippen LogP contribution is -2.58. The van der Waals surface area contributed by atoms with Gasteiger partial charge in [-0.05, 0) is 213 Å². The number of ether oxygens (including phenoxy) is 3. The molecule has 0 saturated heterocycles. The maximum Gasteiger partial charge on any atom is 0.256 e. The Morgan fingerprint density at radius 2 is 0.559 bits per heavy atom. The Labute approximate surface area is 826 Å². The Morgan fingerprint density at radius 1 is 0.210 bits per heavy atom. The van der Waals surface area contributed by atoms with E-state index in [0.29, 0.717) is 0 Å². The van der Waals surface area contributed by atoms with E-state index in [1.54, 1.807) is 0 Å². The summed E-state index contributed by atoms with van der Waals surface area (Å²) in [6.45, 7) is -0.0431. The van der Waals surface area contributed by atoms with Crippen LogP contribution in [0.1, 0.15) is 0 Å². The number of fused-ring (bicyclic) bond motifs is 15. The molecule has 10 heterocycles. The van der Waals surface area contributed by atoms with Crippen molar-refractivity contribution in [1.29, 1.82) is 0 Å². The van der Waals surface area contributed by atoms with Crippen molar-refractivity contribution in [3.8, 4) is 147 Å². The fourth-order valence-corrected chi connectivity index (χ4v) is 23.2. The maximum absolute atomic E-state index is 7.14. The van der Waals surface area contributed by atoms with E-state index in [9.17, 15) is 0 Å². The Balaban J connectivity index is 0.000000103. The molecule has 31 rings (SSSR count). The summed E-state index contributed by atoms with van der Waals surface area (Å²) in [4.78, 5) is 18.1. The highest BCUT2D eigenvalue weighted by Gasteiger charge is 2.46. The maximum atomic E-state index is 7.14. The molecule has 14 heteroatoms. The summed E-state index contributed by atoms with van der Waals surface area (Å²) in [5.41, 5.74) is 43.1. The van der Waals surface area contributed by atoms with Gasteiger partial charge >= 0.3 is 0 Å². The number of aromatic nitrogens is 7. The number of anilines is 3. The number of hydrogen-bond donors (Lipinski definition) is 0. The van der Waals surface area contributed by atoms with Crippen LogP contribution in [-0.2, 0) is 0 Å². The van der Waals surface area contributed by atoms with E-state index in [4.69, 9.17) is 29.2 Å². The summed E-state index contributed by atoms with van der Waals surface area (Å²) in [5.74, 6) is 7.17. The second kappa shape index (κ2) is 33.0. The van der Waals surface area contributed by atoms with Gasteiger partial charge in [-0.25, -0.2) is 15.0 Å². The van der Waals surface area contributed by atoms with Gasteiger partial charge in [-0.1, -0.05) is 376 Å². The lowest BCUT2D eigenvalue weighted by Gasteiger charge is -2.35. The number of hydrogen-bond acceptors (Lipinski definition) is 7. The van der Waals surface area contributed by atoms with Crippen molar-refractivity contribution >= 4 is 141 Å². The molecular formula is C129H81B3N8O3. The van der Waals surface area contributed by atoms with Crippen LogP contribution in [0.3, 0.4) is 0 Å². The fourth-order valence-electron chi connectivity index (χ4n) is 23.2. The van der Waals surface area contributed by atoms with Crippen molar-refractivity contribution in [2.45, 2.75) is 0 Å². The molecule has 0 amide bonds. The predicted octanol–water partition coefficient (Wildman–Crippen LogP) is 25.8.